The predicted octanol–water partition coefficient (Wildman–Crippen LogP) is 3.13. The van der Waals surface area contributed by atoms with Crippen molar-refractivity contribution in [3.05, 3.63) is 12.3 Å². The van der Waals surface area contributed by atoms with Crippen LogP contribution in [-0.2, 0) is 0 Å². The molecular formula is C11H19F2N. The molecule has 0 radical (unpaired) electrons. The Morgan fingerprint density at radius 1 is 1.29 bits per heavy atom. The Morgan fingerprint density at radius 2 is 1.79 bits per heavy atom. The average Bonchev–Trinajstić information content (AvgIpc) is 2.16. The largest absolute Gasteiger partial charge is 0.371 e. The number of alkyl halides is 2. The van der Waals surface area contributed by atoms with Gasteiger partial charge in [-0.25, -0.2) is 8.78 Å². The average molecular weight is 203 g/mol. The molecule has 0 aliphatic carbocycles. The molecule has 0 bridgehead atoms. The summed E-state index contributed by atoms with van der Waals surface area (Å²) in [5.41, 5.74) is -0.00722. The van der Waals surface area contributed by atoms with E-state index in [0.29, 0.717) is 11.8 Å². The van der Waals surface area contributed by atoms with Gasteiger partial charge < -0.3 is 4.90 Å². The Balaban J connectivity index is 2.39. The molecule has 3 heteroatoms. The Hall–Kier alpha value is -0.600. The van der Waals surface area contributed by atoms with Gasteiger partial charge in [0.2, 0.25) is 0 Å². The third kappa shape index (κ3) is 2.69. The lowest BCUT2D eigenvalue weighted by atomic mass is 9.86. The zero-order valence-electron chi connectivity index (χ0n) is 8.97. The van der Waals surface area contributed by atoms with E-state index in [2.05, 4.69) is 20.4 Å². The molecule has 1 rings (SSSR count). The van der Waals surface area contributed by atoms with Crippen LogP contribution in [-0.4, -0.2) is 24.4 Å². The number of nitrogens with zero attached hydrogens (tertiary/aromatic N) is 1. The molecule has 0 amide bonds. The lowest BCUT2D eigenvalue weighted by Gasteiger charge is -2.36. The first-order valence-corrected chi connectivity index (χ1v) is 5.24. The molecule has 1 saturated heterocycles. The van der Waals surface area contributed by atoms with Crippen molar-refractivity contribution in [1.29, 1.82) is 0 Å². The van der Waals surface area contributed by atoms with Crippen LogP contribution in [0, 0.1) is 11.8 Å². The number of hydrogen-bond acceptors (Lipinski definition) is 1. The molecule has 1 fully saturated rings. The highest BCUT2D eigenvalue weighted by atomic mass is 19.3. The summed E-state index contributed by atoms with van der Waals surface area (Å²) >= 11 is 0. The molecule has 0 spiro atoms. The summed E-state index contributed by atoms with van der Waals surface area (Å²) in [6, 6.07) is 0. The molecule has 0 aromatic carbocycles. The van der Waals surface area contributed by atoms with Gasteiger partial charge in [0.1, 0.15) is 0 Å². The molecule has 1 aliphatic rings. The van der Waals surface area contributed by atoms with Crippen LogP contribution in [0.15, 0.2) is 12.3 Å². The number of piperidine rings is 1. The van der Waals surface area contributed by atoms with Crippen molar-refractivity contribution in [3.63, 3.8) is 0 Å². The number of hydrogen-bond donors (Lipinski definition) is 0. The minimum Gasteiger partial charge on any atom is -0.371 e. The Kier molecular flexibility index (Phi) is 3.90. The smallest absolute Gasteiger partial charge is 0.277 e. The highest BCUT2D eigenvalue weighted by Gasteiger charge is 2.24. The van der Waals surface area contributed by atoms with Crippen LogP contribution < -0.4 is 0 Å². The van der Waals surface area contributed by atoms with E-state index in [1.165, 1.54) is 0 Å². The maximum atomic E-state index is 12.3. The molecule has 82 valence electrons. The van der Waals surface area contributed by atoms with Gasteiger partial charge in [0.15, 0.2) is 0 Å². The van der Waals surface area contributed by atoms with E-state index in [4.69, 9.17) is 0 Å². The normalized spacial score (nSPS) is 19.4. The Morgan fingerprint density at radius 3 is 2.14 bits per heavy atom. The van der Waals surface area contributed by atoms with Crippen LogP contribution in [0.2, 0.25) is 0 Å². The number of allylic oxidation sites excluding steroid dienone is 1. The van der Waals surface area contributed by atoms with E-state index in [1.807, 2.05) is 0 Å². The van der Waals surface area contributed by atoms with Crippen LogP contribution >= 0.6 is 0 Å². The summed E-state index contributed by atoms with van der Waals surface area (Å²) in [6.45, 7) is 9.30. The molecule has 0 aromatic heterocycles. The van der Waals surface area contributed by atoms with E-state index in [1.54, 1.807) is 4.90 Å². The molecular weight excluding hydrogens is 184 g/mol. The predicted molar refractivity (Wildman–Crippen MR) is 54.3 cm³/mol. The van der Waals surface area contributed by atoms with Crippen LogP contribution in [0.1, 0.15) is 26.7 Å². The highest BCUT2D eigenvalue weighted by Crippen LogP contribution is 2.27. The van der Waals surface area contributed by atoms with Gasteiger partial charge in [-0.2, -0.15) is 0 Å². The fraction of sp³-hybridized carbons (Fsp3) is 0.818. The molecule has 0 atom stereocenters. The van der Waals surface area contributed by atoms with E-state index in [0.717, 1.165) is 25.9 Å². The number of likely N-dealkylation sites (tertiary alicyclic amines) is 1. The summed E-state index contributed by atoms with van der Waals surface area (Å²) in [4.78, 5) is 1.73. The van der Waals surface area contributed by atoms with Crippen molar-refractivity contribution in [2.45, 2.75) is 33.1 Å². The molecule has 1 nitrogen and oxygen atoms in total. The van der Waals surface area contributed by atoms with Gasteiger partial charge in [0, 0.05) is 13.1 Å². The Labute approximate surface area is 84.8 Å². The summed E-state index contributed by atoms with van der Waals surface area (Å²) in [5.74, 6) is 1.36. The monoisotopic (exact) mass is 203 g/mol. The Bertz CT molecular complexity index is 193. The minimum atomic E-state index is -2.40. The standard InChI is InChI=1S/C11H19F2N/c1-8(2)10-4-6-14(7-5-10)9(3)11(12)13/h8,10-11H,3-7H2,1-2H3. The van der Waals surface area contributed by atoms with Crippen molar-refractivity contribution >= 4 is 0 Å². The molecule has 0 aromatic rings. The fourth-order valence-corrected chi connectivity index (χ4v) is 1.99. The van der Waals surface area contributed by atoms with E-state index in [-0.39, 0.29) is 5.70 Å². The van der Waals surface area contributed by atoms with Crippen molar-refractivity contribution in [1.82, 2.24) is 4.90 Å². The fourth-order valence-electron chi connectivity index (χ4n) is 1.99. The lowest BCUT2D eigenvalue weighted by molar-refractivity contribution is 0.112. The van der Waals surface area contributed by atoms with Gasteiger partial charge in [0.25, 0.3) is 6.43 Å². The maximum absolute atomic E-state index is 12.3. The molecule has 1 heterocycles. The summed E-state index contributed by atoms with van der Waals surface area (Å²) in [7, 11) is 0. The third-order valence-electron chi connectivity index (χ3n) is 3.14. The van der Waals surface area contributed by atoms with Crippen molar-refractivity contribution in [2.75, 3.05) is 13.1 Å². The zero-order valence-corrected chi connectivity index (χ0v) is 8.97. The second-order valence-electron chi connectivity index (χ2n) is 4.36. The van der Waals surface area contributed by atoms with Crippen LogP contribution in [0.3, 0.4) is 0 Å². The quantitative estimate of drug-likeness (QED) is 0.681. The van der Waals surface area contributed by atoms with Crippen molar-refractivity contribution < 1.29 is 8.78 Å². The van der Waals surface area contributed by atoms with Crippen molar-refractivity contribution in [2.24, 2.45) is 11.8 Å². The van der Waals surface area contributed by atoms with E-state index in [9.17, 15) is 8.78 Å². The number of halogens is 2. The van der Waals surface area contributed by atoms with Gasteiger partial charge >= 0.3 is 0 Å². The highest BCUT2D eigenvalue weighted by molar-refractivity contribution is 4.98. The van der Waals surface area contributed by atoms with Crippen LogP contribution in [0.25, 0.3) is 0 Å². The first-order chi connectivity index (χ1) is 6.52. The summed E-state index contributed by atoms with van der Waals surface area (Å²) < 4.78 is 24.7. The molecule has 14 heavy (non-hydrogen) atoms. The zero-order chi connectivity index (χ0) is 10.7. The first-order valence-electron chi connectivity index (χ1n) is 5.24. The second-order valence-corrected chi connectivity index (χ2v) is 4.36. The molecule has 0 N–H and O–H groups in total. The maximum Gasteiger partial charge on any atom is 0.277 e. The summed E-state index contributed by atoms with van der Waals surface area (Å²) in [6.07, 6.45) is -0.363. The van der Waals surface area contributed by atoms with Crippen LogP contribution in [0.4, 0.5) is 8.78 Å². The first kappa shape index (κ1) is 11.5. The minimum absolute atomic E-state index is 0.00722. The van der Waals surface area contributed by atoms with Gasteiger partial charge in [-0.3, -0.25) is 0 Å². The van der Waals surface area contributed by atoms with Gasteiger partial charge in [0.05, 0.1) is 5.70 Å². The topological polar surface area (TPSA) is 3.24 Å². The molecule has 0 unspecified atom stereocenters. The van der Waals surface area contributed by atoms with E-state index >= 15 is 0 Å². The van der Waals surface area contributed by atoms with Gasteiger partial charge in [-0.15, -0.1) is 0 Å². The second kappa shape index (κ2) is 4.76. The van der Waals surface area contributed by atoms with Gasteiger partial charge in [-0.05, 0) is 24.7 Å². The molecule has 0 saturated carbocycles. The lowest BCUT2D eigenvalue weighted by Crippen LogP contribution is -2.36. The SMILES string of the molecule is C=C(C(F)F)N1CCC(C(C)C)CC1. The van der Waals surface area contributed by atoms with Crippen molar-refractivity contribution in [3.8, 4) is 0 Å². The molecule has 1 aliphatic heterocycles. The van der Waals surface area contributed by atoms with Gasteiger partial charge in [-0.1, -0.05) is 20.4 Å². The number of rotatable bonds is 3. The third-order valence-corrected chi connectivity index (χ3v) is 3.14. The summed E-state index contributed by atoms with van der Waals surface area (Å²) in [5, 5.41) is 0. The van der Waals surface area contributed by atoms with Crippen LogP contribution in [0.5, 0.6) is 0 Å². The van der Waals surface area contributed by atoms with E-state index < -0.39 is 6.43 Å².